The smallest absolute Gasteiger partial charge is 0.245 e. The molecule has 0 bridgehead atoms. The second-order valence-corrected chi connectivity index (χ2v) is 3.36. The molecule has 87 valence electrons. The van der Waals surface area contributed by atoms with Crippen LogP contribution >= 0.6 is 0 Å². The number of hydrogen-bond acceptors (Lipinski definition) is 2. The van der Waals surface area contributed by atoms with Crippen LogP contribution in [-0.4, -0.2) is 9.97 Å². The first-order valence-corrected chi connectivity index (χ1v) is 4.85. The van der Waals surface area contributed by atoms with Gasteiger partial charge in [0.2, 0.25) is 0 Å². The molecule has 5 heteroatoms. The van der Waals surface area contributed by atoms with Crippen LogP contribution in [0.15, 0.2) is 36.8 Å². The van der Waals surface area contributed by atoms with E-state index in [9.17, 15) is 13.2 Å². The van der Waals surface area contributed by atoms with Gasteiger partial charge in [0, 0.05) is 12.6 Å². The normalized spacial score (nSPS) is 10.8. The van der Waals surface area contributed by atoms with Crippen molar-refractivity contribution in [3.63, 3.8) is 0 Å². The van der Waals surface area contributed by atoms with E-state index >= 15 is 0 Å². The summed E-state index contributed by atoms with van der Waals surface area (Å²) in [6, 6.07) is 5.19. The van der Waals surface area contributed by atoms with E-state index in [1.165, 1.54) is 18.6 Å². The van der Waals surface area contributed by atoms with Gasteiger partial charge >= 0.3 is 0 Å². The molecule has 0 N–H and O–H groups in total. The highest BCUT2D eigenvalue weighted by atomic mass is 19.3. The molecule has 1 aromatic heterocycles. The van der Waals surface area contributed by atoms with Gasteiger partial charge in [-0.1, -0.05) is 6.07 Å². The molecule has 0 unspecified atom stereocenters. The predicted octanol–water partition coefficient (Wildman–Crippen LogP) is 3.15. The molecule has 1 aromatic carbocycles. The van der Waals surface area contributed by atoms with Crippen LogP contribution in [0.2, 0.25) is 0 Å². The third-order valence-corrected chi connectivity index (χ3v) is 2.17. The van der Waals surface area contributed by atoms with Gasteiger partial charge in [0.1, 0.15) is 12.1 Å². The van der Waals surface area contributed by atoms with Crippen molar-refractivity contribution in [2.45, 2.75) is 6.43 Å². The SMILES string of the molecule is Fc1ccc([CH]c2ccncn2)cc1C(F)F. The Kier molecular flexibility index (Phi) is 3.37. The number of benzene rings is 1. The van der Waals surface area contributed by atoms with Gasteiger partial charge in [-0.15, -0.1) is 0 Å². The zero-order valence-corrected chi connectivity index (χ0v) is 8.65. The Labute approximate surface area is 96.2 Å². The van der Waals surface area contributed by atoms with Gasteiger partial charge in [-0.05, 0) is 23.8 Å². The summed E-state index contributed by atoms with van der Waals surface area (Å²) >= 11 is 0. The van der Waals surface area contributed by atoms with Crippen LogP contribution in [0.1, 0.15) is 23.2 Å². The molecular weight excluding hydrogens is 229 g/mol. The van der Waals surface area contributed by atoms with Crippen molar-refractivity contribution >= 4 is 0 Å². The Morgan fingerprint density at radius 1 is 1.18 bits per heavy atom. The Balaban J connectivity index is 2.26. The Bertz CT molecular complexity index is 500. The third kappa shape index (κ3) is 2.81. The van der Waals surface area contributed by atoms with Crippen molar-refractivity contribution < 1.29 is 13.2 Å². The predicted molar refractivity (Wildman–Crippen MR) is 55.9 cm³/mol. The molecule has 0 amide bonds. The fourth-order valence-electron chi connectivity index (χ4n) is 1.38. The van der Waals surface area contributed by atoms with Crippen molar-refractivity contribution in [1.29, 1.82) is 0 Å². The first-order chi connectivity index (χ1) is 8.16. The molecule has 2 nitrogen and oxygen atoms in total. The number of aromatic nitrogens is 2. The van der Waals surface area contributed by atoms with E-state index in [-0.39, 0.29) is 0 Å². The first-order valence-electron chi connectivity index (χ1n) is 4.85. The van der Waals surface area contributed by atoms with Crippen LogP contribution in [-0.2, 0) is 0 Å². The Hall–Kier alpha value is -1.91. The average Bonchev–Trinajstić information content (AvgIpc) is 2.32. The molecule has 0 atom stereocenters. The highest BCUT2D eigenvalue weighted by Gasteiger charge is 2.13. The number of halogens is 3. The van der Waals surface area contributed by atoms with Gasteiger partial charge in [0.05, 0.1) is 11.3 Å². The minimum absolute atomic E-state index is 0.473. The van der Waals surface area contributed by atoms with Crippen LogP contribution in [0, 0.1) is 12.2 Å². The topological polar surface area (TPSA) is 25.8 Å². The maximum Gasteiger partial charge on any atom is 0.266 e. The monoisotopic (exact) mass is 237 g/mol. The molecule has 0 aliphatic carbocycles. The summed E-state index contributed by atoms with van der Waals surface area (Å²) in [5, 5.41) is 0. The lowest BCUT2D eigenvalue weighted by Crippen LogP contribution is -1.95. The summed E-state index contributed by atoms with van der Waals surface area (Å²) < 4.78 is 38.0. The summed E-state index contributed by atoms with van der Waals surface area (Å²) in [4.78, 5) is 7.66. The minimum atomic E-state index is -2.83. The summed E-state index contributed by atoms with van der Waals surface area (Å²) in [7, 11) is 0. The molecule has 17 heavy (non-hydrogen) atoms. The van der Waals surface area contributed by atoms with E-state index in [0.29, 0.717) is 11.3 Å². The van der Waals surface area contributed by atoms with Crippen molar-refractivity contribution in [2.75, 3.05) is 0 Å². The molecule has 0 aliphatic rings. The van der Waals surface area contributed by atoms with E-state index in [1.807, 2.05) is 0 Å². The molecule has 1 heterocycles. The highest BCUT2D eigenvalue weighted by Crippen LogP contribution is 2.24. The van der Waals surface area contributed by atoms with E-state index in [0.717, 1.165) is 12.1 Å². The summed E-state index contributed by atoms with van der Waals surface area (Å²) in [6.07, 6.45) is 1.64. The molecule has 0 spiro atoms. The summed E-state index contributed by atoms with van der Waals surface area (Å²) in [5.41, 5.74) is 0.444. The molecule has 0 saturated carbocycles. The Morgan fingerprint density at radius 3 is 2.65 bits per heavy atom. The lowest BCUT2D eigenvalue weighted by atomic mass is 10.1. The molecule has 2 aromatic rings. The van der Waals surface area contributed by atoms with Gasteiger partial charge < -0.3 is 0 Å². The van der Waals surface area contributed by atoms with Gasteiger partial charge in [0.15, 0.2) is 0 Å². The molecule has 0 aliphatic heterocycles. The van der Waals surface area contributed by atoms with Crippen LogP contribution in [0.25, 0.3) is 0 Å². The van der Waals surface area contributed by atoms with Crippen LogP contribution in [0.4, 0.5) is 13.2 Å². The van der Waals surface area contributed by atoms with Crippen molar-refractivity contribution in [1.82, 2.24) is 9.97 Å². The van der Waals surface area contributed by atoms with E-state index in [1.54, 1.807) is 12.5 Å². The molecule has 2 rings (SSSR count). The lowest BCUT2D eigenvalue weighted by molar-refractivity contribution is 0.146. The zero-order chi connectivity index (χ0) is 12.3. The maximum atomic E-state index is 13.0. The average molecular weight is 237 g/mol. The van der Waals surface area contributed by atoms with E-state index in [2.05, 4.69) is 9.97 Å². The largest absolute Gasteiger partial charge is 0.266 e. The number of hydrogen-bond donors (Lipinski definition) is 0. The Morgan fingerprint density at radius 2 is 2.00 bits per heavy atom. The van der Waals surface area contributed by atoms with Gasteiger partial charge in [-0.25, -0.2) is 23.1 Å². The van der Waals surface area contributed by atoms with Crippen LogP contribution in [0.5, 0.6) is 0 Å². The second kappa shape index (κ2) is 4.95. The van der Waals surface area contributed by atoms with Crippen LogP contribution in [0.3, 0.4) is 0 Å². The van der Waals surface area contributed by atoms with Crippen LogP contribution < -0.4 is 0 Å². The number of rotatable bonds is 3. The second-order valence-electron chi connectivity index (χ2n) is 3.36. The first kappa shape index (κ1) is 11.6. The van der Waals surface area contributed by atoms with Gasteiger partial charge in [-0.3, -0.25) is 0 Å². The van der Waals surface area contributed by atoms with Gasteiger partial charge in [0.25, 0.3) is 6.43 Å². The van der Waals surface area contributed by atoms with Crippen molar-refractivity contribution in [3.8, 4) is 0 Å². The summed E-state index contributed by atoms with van der Waals surface area (Å²) in [5.74, 6) is -0.903. The van der Waals surface area contributed by atoms with E-state index in [4.69, 9.17) is 0 Å². The molecule has 0 saturated heterocycles. The standard InChI is InChI=1S/C12H8F3N2/c13-11-2-1-8(6-10(11)12(14)15)5-9-3-4-16-7-17-9/h1-7,12H. The highest BCUT2D eigenvalue weighted by molar-refractivity contribution is 5.36. The van der Waals surface area contributed by atoms with Crippen molar-refractivity contribution in [2.24, 2.45) is 0 Å². The number of alkyl halides is 2. The number of nitrogens with zero attached hydrogens (tertiary/aromatic N) is 2. The quantitative estimate of drug-likeness (QED) is 0.819. The van der Waals surface area contributed by atoms with Gasteiger partial charge in [-0.2, -0.15) is 0 Å². The van der Waals surface area contributed by atoms with Crippen molar-refractivity contribution in [3.05, 3.63) is 65.8 Å². The molecule has 0 fully saturated rings. The minimum Gasteiger partial charge on any atom is -0.245 e. The van der Waals surface area contributed by atoms with E-state index < -0.39 is 17.8 Å². The zero-order valence-electron chi connectivity index (χ0n) is 8.65. The lowest BCUT2D eigenvalue weighted by Gasteiger charge is -2.05. The molecule has 1 radical (unpaired) electrons. The fourth-order valence-corrected chi connectivity index (χ4v) is 1.38. The third-order valence-electron chi connectivity index (χ3n) is 2.17. The maximum absolute atomic E-state index is 13.0. The molecular formula is C12H8F3N2. The fraction of sp³-hybridized carbons (Fsp3) is 0.0833. The summed E-state index contributed by atoms with van der Waals surface area (Å²) in [6.45, 7) is 0.